The molecule has 0 radical (unpaired) electrons. The molecule has 0 spiro atoms. The maximum atomic E-state index is 5.75. The van der Waals surface area contributed by atoms with E-state index in [-0.39, 0.29) is 5.54 Å². The van der Waals surface area contributed by atoms with Crippen molar-refractivity contribution in [3.63, 3.8) is 0 Å². The summed E-state index contributed by atoms with van der Waals surface area (Å²) in [6.45, 7) is 10.7. The van der Waals surface area contributed by atoms with Crippen LogP contribution in [0.1, 0.15) is 40.5 Å². The monoisotopic (exact) mass is 172 g/mol. The maximum Gasteiger partial charge on any atom is 0.0298 e. The molecule has 0 amide bonds. The van der Waals surface area contributed by atoms with E-state index in [1.807, 2.05) is 0 Å². The fourth-order valence-corrected chi connectivity index (χ4v) is 1.28. The maximum absolute atomic E-state index is 5.75. The van der Waals surface area contributed by atoms with E-state index in [1.54, 1.807) is 0 Å². The van der Waals surface area contributed by atoms with Crippen molar-refractivity contribution in [2.75, 3.05) is 13.1 Å². The summed E-state index contributed by atoms with van der Waals surface area (Å²) >= 11 is 0. The minimum atomic E-state index is 0.185. The highest BCUT2D eigenvalue weighted by Gasteiger charge is 2.22. The van der Waals surface area contributed by atoms with Crippen molar-refractivity contribution in [1.29, 1.82) is 0 Å². The molecule has 2 nitrogen and oxygen atoms in total. The van der Waals surface area contributed by atoms with E-state index < -0.39 is 0 Å². The van der Waals surface area contributed by atoms with Crippen molar-refractivity contribution in [1.82, 2.24) is 5.32 Å². The standard InChI is InChI=1S/C10H24N2/c1-5-10(6-2,8-11)12-7-9(3)4/h9,12H,5-8,11H2,1-4H3. The summed E-state index contributed by atoms with van der Waals surface area (Å²) in [4.78, 5) is 0. The van der Waals surface area contributed by atoms with Crippen molar-refractivity contribution in [3.05, 3.63) is 0 Å². The molecule has 0 rings (SSSR count). The van der Waals surface area contributed by atoms with E-state index in [2.05, 4.69) is 33.0 Å². The van der Waals surface area contributed by atoms with Crippen LogP contribution in [0.4, 0.5) is 0 Å². The lowest BCUT2D eigenvalue weighted by Gasteiger charge is -2.32. The molecule has 0 aliphatic rings. The van der Waals surface area contributed by atoms with Gasteiger partial charge in [-0.1, -0.05) is 27.7 Å². The van der Waals surface area contributed by atoms with Crippen LogP contribution in [-0.2, 0) is 0 Å². The molecule has 0 heterocycles. The molecule has 0 aromatic carbocycles. The Hall–Kier alpha value is -0.0800. The molecule has 2 heteroatoms. The number of hydrogen-bond acceptors (Lipinski definition) is 2. The van der Waals surface area contributed by atoms with Crippen LogP contribution in [0.2, 0.25) is 0 Å². The van der Waals surface area contributed by atoms with Crippen molar-refractivity contribution >= 4 is 0 Å². The van der Waals surface area contributed by atoms with Crippen molar-refractivity contribution in [2.45, 2.75) is 46.1 Å². The molecule has 0 aromatic heterocycles. The molecule has 0 aliphatic heterocycles. The van der Waals surface area contributed by atoms with E-state index in [4.69, 9.17) is 5.73 Å². The predicted molar refractivity (Wildman–Crippen MR) is 55.2 cm³/mol. The van der Waals surface area contributed by atoms with E-state index in [0.717, 1.165) is 25.9 Å². The van der Waals surface area contributed by atoms with Crippen LogP contribution in [-0.4, -0.2) is 18.6 Å². The molecule has 0 saturated heterocycles. The Bertz CT molecular complexity index is 98.1. The highest BCUT2D eigenvalue weighted by molar-refractivity contribution is 4.86. The molecule has 0 aliphatic carbocycles. The molecule has 0 aromatic rings. The minimum absolute atomic E-state index is 0.185. The van der Waals surface area contributed by atoms with Gasteiger partial charge in [0.15, 0.2) is 0 Å². The highest BCUT2D eigenvalue weighted by Crippen LogP contribution is 2.13. The Morgan fingerprint density at radius 3 is 2.00 bits per heavy atom. The third-order valence-corrected chi connectivity index (χ3v) is 2.63. The van der Waals surface area contributed by atoms with Gasteiger partial charge in [0.1, 0.15) is 0 Å². The van der Waals surface area contributed by atoms with Gasteiger partial charge in [-0.25, -0.2) is 0 Å². The van der Waals surface area contributed by atoms with Crippen LogP contribution in [0.25, 0.3) is 0 Å². The van der Waals surface area contributed by atoms with E-state index in [1.165, 1.54) is 0 Å². The first-order valence-corrected chi connectivity index (χ1v) is 5.05. The Morgan fingerprint density at radius 2 is 1.75 bits per heavy atom. The lowest BCUT2D eigenvalue weighted by atomic mass is 9.92. The van der Waals surface area contributed by atoms with Crippen LogP contribution < -0.4 is 11.1 Å². The average Bonchev–Trinajstić information content (AvgIpc) is 2.08. The lowest BCUT2D eigenvalue weighted by Crippen LogP contribution is -2.51. The summed E-state index contributed by atoms with van der Waals surface area (Å²) in [5.74, 6) is 0.703. The Morgan fingerprint density at radius 1 is 1.25 bits per heavy atom. The predicted octanol–water partition coefficient (Wildman–Crippen LogP) is 1.75. The zero-order valence-electron chi connectivity index (χ0n) is 8.98. The fourth-order valence-electron chi connectivity index (χ4n) is 1.28. The van der Waals surface area contributed by atoms with E-state index >= 15 is 0 Å². The van der Waals surface area contributed by atoms with Gasteiger partial charge in [0.05, 0.1) is 0 Å². The third-order valence-electron chi connectivity index (χ3n) is 2.63. The fraction of sp³-hybridized carbons (Fsp3) is 1.00. The summed E-state index contributed by atoms with van der Waals surface area (Å²) in [6, 6.07) is 0. The molecule has 0 bridgehead atoms. The highest BCUT2D eigenvalue weighted by atomic mass is 15.0. The first-order chi connectivity index (χ1) is 5.60. The third kappa shape index (κ3) is 3.55. The van der Waals surface area contributed by atoms with E-state index in [0.29, 0.717) is 5.92 Å². The molecule has 12 heavy (non-hydrogen) atoms. The van der Waals surface area contributed by atoms with Crippen LogP contribution in [0, 0.1) is 5.92 Å². The summed E-state index contributed by atoms with van der Waals surface area (Å²) in [5.41, 5.74) is 5.94. The zero-order valence-corrected chi connectivity index (χ0v) is 8.98. The van der Waals surface area contributed by atoms with Gasteiger partial charge in [-0.15, -0.1) is 0 Å². The van der Waals surface area contributed by atoms with Gasteiger partial charge in [0.2, 0.25) is 0 Å². The van der Waals surface area contributed by atoms with Gasteiger partial charge in [-0.3, -0.25) is 0 Å². The second kappa shape index (κ2) is 5.55. The van der Waals surface area contributed by atoms with Crippen LogP contribution in [0.3, 0.4) is 0 Å². The molecule has 74 valence electrons. The first-order valence-electron chi connectivity index (χ1n) is 5.05. The normalized spacial score (nSPS) is 12.5. The average molecular weight is 172 g/mol. The number of hydrogen-bond donors (Lipinski definition) is 2. The van der Waals surface area contributed by atoms with E-state index in [9.17, 15) is 0 Å². The van der Waals surface area contributed by atoms with Gasteiger partial charge in [0, 0.05) is 12.1 Å². The smallest absolute Gasteiger partial charge is 0.0298 e. The zero-order chi connectivity index (χ0) is 9.61. The van der Waals surface area contributed by atoms with Crippen LogP contribution >= 0.6 is 0 Å². The molecule has 3 N–H and O–H groups in total. The molecule has 0 fully saturated rings. The number of nitrogens with one attached hydrogen (secondary N) is 1. The van der Waals surface area contributed by atoms with Gasteiger partial charge in [-0.2, -0.15) is 0 Å². The quantitative estimate of drug-likeness (QED) is 0.640. The number of rotatable bonds is 6. The van der Waals surface area contributed by atoms with Gasteiger partial charge in [0.25, 0.3) is 0 Å². The Labute approximate surface area is 76.9 Å². The van der Waals surface area contributed by atoms with Gasteiger partial charge < -0.3 is 11.1 Å². The van der Waals surface area contributed by atoms with Crippen LogP contribution in [0.5, 0.6) is 0 Å². The second-order valence-corrected chi connectivity index (χ2v) is 3.97. The minimum Gasteiger partial charge on any atom is -0.329 e. The second-order valence-electron chi connectivity index (χ2n) is 3.97. The van der Waals surface area contributed by atoms with Crippen molar-refractivity contribution in [2.24, 2.45) is 11.7 Å². The molecule has 0 unspecified atom stereocenters. The first kappa shape index (κ1) is 11.9. The molecular weight excluding hydrogens is 148 g/mol. The largest absolute Gasteiger partial charge is 0.329 e. The summed E-state index contributed by atoms with van der Waals surface area (Å²) in [6.07, 6.45) is 2.24. The van der Waals surface area contributed by atoms with Crippen molar-refractivity contribution in [3.8, 4) is 0 Å². The summed E-state index contributed by atoms with van der Waals surface area (Å²) in [7, 11) is 0. The summed E-state index contributed by atoms with van der Waals surface area (Å²) in [5, 5.41) is 3.56. The molecule has 0 atom stereocenters. The lowest BCUT2D eigenvalue weighted by molar-refractivity contribution is 0.295. The summed E-state index contributed by atoms with van der Waals surface area (Å²) < 4.78 is 0. The topological polar surface area (TPSA) is 38.0 Å². The Kier molecular flexibility index (Phi) is 5.51. The molecular formula is C10H24N2. The van der Waals surface area contributed by atoms with Crippen LogP contribution in [0.15, 0.2) is 0 Å². The Balaban J connectivity index is 3.93. The number of nitrogens with two attached hydrogens (primary N) is 1. The van der Waals surface area contributed by atoms with Gasteiger partial charge >= 0.3 is 0 Å². The SMILES string of the molecule is CCC(CC)(CN)NCC(C)C. The van der Waals surface area contributed by atoms with Crippen molar-refractivity contribution < 1.29 is 0 Å². The molecule has 0 saturated carbocycles. The van der Waals surface area contributed by atoms with Gasteiger partial charge in [-0.05, 0) is 25.3 Å².